The van der Waals surface area contributed by atoms with E-state index in [1.165, 1.54) is 10.4 Å². The normalized spacial score (nSPS) is 10.2. The van der Waals surface area contributed by atoms with Crippen molar-refractivity contribution < 1.29 is 0 Å². The van der Waals surface area contributed by atoms with Crippen LogP contribution in [0.3, 0.4) is 0 Å². The van der Waals surface area contributed by atoms with Gasteiger partial charge in [-0.25, -0.2) is 0 Å². The van der Waals surface area contributed by atoms with Crippen molar-refractivity contribution in [3.63, 3.8) is 0 Å². The Hall–Kier alpha value is -1.28. The van der Waals surface area contributed by atoms with Gasteiger partial charge in [0.1, 0.15) is 0 Å². The van der Waals surface area contributed by atoms with Crippen LogP contribution in [-0.4, -0.2) is 0 Å². The third-order valence-electron chi connectivity index (χ3n) is 2.08. The van der Waals surface area contributed by atoms with E-state index in [0.717, 1.165) is 11.3 Å². The van der Waals surface area contributed by atoms with Crippen LogP contribution < -0.4 is 5.73 Å². The van der Waals surface area contributed by atoms with Crippen molar-refractivity contribution in [1.82, 2.24) is 0 Å². The second kappa shape index (κ2) is 3.23. The van der Waals surface area contributed by atoms with Crippen molar-refractivity contribution >= 4 is 17.0 Å². The van der Waals surface area contributed by atoms with Crippen molar-refractivity contribution in [1.29, 1.82) is 0 Å². The molecule has 1 heterocycles. The molecule has 1 aromatic heterocycles. The van der Waals surface area contributed by atoms with E-state index in [-0.39, 0.29) is 0 Å². The number of thiophene rings is 1. The summed E-state index contributed by atoms with van der Waals surface area (Å²) in [6.07, 6.45) is 0. The Bertz CT molecular complexity index is 404. The average molecular weight is 189 g/mol. The molecule has 0 radical (unpaired) electrons. The number of rotatable bonds is 1. The molecule has 2 aromatic rings. The Labute approximate surface area is 81.8 Å². The third-order valence-corrected chi connectivity index (χ3v) is 2.99. The van der Waals surface area contributed by atoms with Crippen LogP contribution in [-0.2, 0) is 0 Å². The highest BCUT2D eigenvalue weighted by molar-refractivity contribution is 7.13. The van der Waals surface area contributed by atoms with Crippen molar-refractivity contribution in [3.05, 3.63) is 41.3 Å². The van der Waals surface area contributed by atoms with Crippen LogP contribution in [0, 0.1) is 6.92 Å². The first kappa shape index (κ1) is 8.32. The summed E-state index contributed by atoms with van der Waals surface area (Å²) in [5.41, 5.74) is 9.00. The van der Waals surface area contributed by atoms with Gasteiger partial charge in [0.2, 0.25) is 0 Å². The van der Waals surface area contributed by atoms with Gasteiger partial charge in [-0.15, -0.1) is 11.3 Å². The Balaban J connectivity index is 2.49. The second-order valence-electron chi connectivity index (χ2n) is 3.05. The van der Waals surface area contributed by atoms with E-state index in [4.69, 9.17) is 5.73 Å². The van der Waals surface area contributed by atoms with E-state index >= 15 is 0 Å². The number of hydrogen-bond donors (Lipinski definition) is 1. The zero-order valence-electron chi connectivity index (χ0n) is 7.45. The molecule has 2 rings (SSSR count). The number of anilines is 1. The fraction of sp³-hybridized carbons (Fsp3) is 0.0909. The highest BCUT2D eigenvalue weighted by Gasteiger charge is 1.99. The first-order valence-corrected chi connectivity index (χ1v) is 5.05. The van der Waals surface area contributed by atoms with Crippen LogP contribution in [0.4, 0.5) is 5.69 Å². The van der Waals surface area contributed by atoms with E-state index in [0.29, 0.717) is 0 Å². The molecule has 0 saturated heterocycles. The molecule has 0 aliphatic rings. The molecular weight excluding hydrogens is 178 g/mol. The number of benzene rings is 1. The van der Waals surface area contributed by atoms with Crippen LogP contribution in [0.2, 0.25) is 0 Å². The minimum Gasteiger partial charge on any atom is -0.399 e. The molecule has 0 amide bonds. The molecule has 0 atom stereocenters. The van der Waals surface area contributed by atoms with E-state index in [2.05, 4.69) is 29.6 Å². The third kappa shape index (κ3) is 1.58. The molecule has 2 heteroatoms. The van der Waals surface area contributed by atoms with Gasteiger partial charge >= 0.3 is 0 Å². The maximum Gasteiger partial charge on any atom is 0.0344 e. The van der Waals surface area contributed by atoms with Gasteiger partial charge in [0.25, 0.3) is 0 Å². The standard InChI is InChI=1S/C11H11NS/c1-8-7-9(4-5-10(8)12)11-3-2-6-13-11/h2-7H,12H2,1H3. The monoisotopic (exact) mass is 189 g/mol. The Morgan fingerprint density at radius 2 is 2.08 bits per heavy atom. The van der Waals surface area contributed by atoms with E-state index in [1.807, 2.05) is 13.0 Å². The molecule has 0 unspecified atom stereocenters. The SMILES string of the molecule is Cc1cc(-c2cccs2)ccc1N. The van der Waals surface area contributed by atoms with Gasteiger partial charge in [-0.3, -0.25) is 0 Å². The summed E-state index contributed by atoms with van der Waals surface area (Å²) in [6.45, 7) is 2.03. The minimum absolute atomic E-state index is 0.861. The fourth-order valence-corrected chi connectivity index (χ4v) is 2.00. The van der Waals surface area contributed by atoms with Gasteiger partial charge in [0.15, 0.2) is 0 Å². The van der Waals surface area contributed by atoms with Gasteiger partial charge in [-0.05, 0) is 41.6 Å². The average Bonchev–Trinajstić information content (AvgIpc) is 2.62. The van der Waals surface area contributed by atoms with Crippen molar-refractivity contribution in [2.24, 2.45) is 0 Å². The van der Waals surface area contributed by atoms with Crippen LogP contribution in [0.25, 0.3) is 10.4 Å². The predicted octanol–water partition coefficient (Wildman–Crippen LogP) is 3.31. The smallest absolute Gasteiger partial charge is 0.0344 e. The maximum absolute atomic E-state index is 5.75. The van der Waals surface area contributed by atoms with Crippen molar-refractivity contribution in [3.8, 4) is 10.4 Å². The molecule has 2 N–H and O–H groups in total. The zero-order chi connectivity index (χ0) is 9.26. The summed E-state index contributed by atoms with van der Waals surface area (Å²) < 4.78 is 0. The largest absolute Gasteiger partial charge is 0.399 e. The van der Waals surface area contributed by atoms with Crippen LogP contribution in [0.5, 0.6) is 0 Å². The number of nitrogen functional groups attached to an aromatic ring is 1. The van der Waals surface area contributed by atoms with Gasteiger partial charge in [0.05, 0.1) is 0 Å². The molecule has 0 bridgehead atoms. The lowest BCUT2D eigenvalue weighted by Crippen LogP contribution is -1.88. The number of aryl methyl sites for hydroxylation is 1. The molecular formula is C11H11NS. The quantitative estimate of drug-likeness (QED) is 0.684. The molecule has 0 saturated carbocycles. The van der Waals surface area contributed by atoms with Gasteiger partial charge in [-0.1, -0.05) is 12.1 Å². The second-order valence-corrected chi connectivity index (χ2v) is 4.00. The first-order chi connectivity index (χ1) is 6.27. The predicted molar refractivity (Wildman–Crippen MR) is 58.9 cm³/mol. The zero-order valence-corrected chi connectivity index (χ0v) is 8.27. The topological polar surface area (TPSA) is 26.0 Å². The van der Waals surface area contributed by atoms with Crippen molar-refractivity contribution in [2.75, 3.05) is 5.73 Å². The lowest BCUT2D eigenvalue weighted by atomic mass is 10.1. The van der Waals surface area contributed by atoms with Crippen LogP contribution >= 0.6 is 11.3 Å². The van der Waals surface area contributed by atoms with E-state index < -0.39 is 0 Å². The molecule has 1 nitrogen and oxygen atoms in total. The summed E-state index contributed by atoms with van der Waals surface area (Å²) in [4.78, 5) is 1.29. The van der Waals surface area contributed by atoms with Gasteiger partial charge < -0.3 is 5.73 Å². The Morgan fingerprint density at radius 1 is 1.23 bits per heavy atom. The maximum atomic E-state index is 5.75. The summed E-state index contributed by atoms with van der Waals surface area (Å²) in [7, 11) is 0. The highest BCUT2D eigenvalue weighted by Crippen LogP contribution is 2.26. The first-order valence-electron chi connectivity index (χ1n) is 4.17. The van der Waals surface area contributed by atoms with Gasteiger partial charge in [-0.2, -0.15) is 0 Å². The van der Waals surface area contributed by atoms with Crippen molar-refractivity contribution in [2.45, 2.75) is 6.92 Å². The van der Waals surface area contributed by atoms with E-state index in [9.17, 15) is 0 Å². The molecule has 0 aliphatic carbocycles. The molecule has 0 spiro atoms. The molecule has 0 fully saturated rings. The fourth-order valence-electron chi connectivity index (χ4n) is 1.27. The Morgan fingerprint density at radius 3 is 2.69 bits per heavy atom. The molecule has 1 aromatic carbocycles. The van der Waals surface area contributed by atoms with Crippen LogP contribution in [0.1, 0.15) is 5.56 Å². The summed E-state index contributed by atoms with van der Waals surface area (Å²) in [5.74, 6) is 0. The Kier molecular flexibility index (Phi) is 2.07. The number of nitrogens with two attached hydrogens (primary N) is 1. The van der Waals surface area contributed by atoms with E-state index in [1.54, 1.807) is 11.3 Å². The molecule has 0 aliphatic heterocycles. The summed E-state index contributed by atoms with van der Waals surface area (Å²) in [6, 6.07) is 10.3. The minimum atomic E-state index is 0.861. The van der Waals surface area contributed by atoms with Crippen LogP contribution in [0.15, 0.2) is 35.7 Å². The lowest BCUT2D eigenvalue weighted by molar-refractivity contribution is 1.47. The van der Waals surface area contributed by atoms with Gasteiger partial charge in [0, 0.05) is 10.6 Å². The molecule has 13 heavy (non-hydrogen) atoms. The lowest BCUT2D eigenvalue weighted by Gasteiger charge is -2.02. The summed E-state index contributed by atoms with van der Waals surface area (Å²) >= 11 is 1.75. The number of hydrogen-bond acceptors (Lipinski definition) is 2. The highest BCUT2D eigenvalue weighted by atomic mass is 32.1. The summed E-state index contributed by atoms with van der Waals surface area (Å²) in [5, 5.41) is 2.08. The molecule has 66 valence electrons.